The number of alkyl halides is 4. The number of halogens is 7. The third-order valence-corrected chi connectivity index (χ3v) is 3.51. The Labute approximate surface area is 113 Å². The summed E-state index contributed by atoms with van der Waals surface area (Å²) >= 11 is 8.55. The van der Waals surface area contributed by atoms with Crippen molar-refractivity contribution in [2.45, 2.75) is 18.4 Å². The average Bonchev–Trinajstić information content (AvgIpc) is 2.25. The molecule has 0 fully saturated rings. The molecule has 102 valence electrons. The van der Waals surface area contributed by atoms with Gasteiger partial charge in [-0.2, -0.15) is 8.78 Å². The lowest BCUT2D eigenvalue weighted by Gasteiger charge is -2.26. The van der Waals surface area contributed by atoms with Gasteiger partial charge >= 0.3 is 12.3 Å². The van der Waals surface area contributed by atoms with E-state index >= 15 is 0 Å². The zero-order valence-electron chi connectivity index (χ0n) is 8.96. The van der Waals surface area contributed by atoms with Crippen LogP contribution in [0.4, 0.5) is 22.0 Å². The fraction of sp³-hybridized carbons (Fsp3) is 0.400. The van der Waals surface area contributed by atoms with Gasteiger partial charge in [0.1, 0.15) is 11.9 Å². The molecule has 0 heterocycles. The summed E-state index contributed by atoms with van der Waals surface area (Å²) in [5, 5.41) is 1.94. The summed E-state index contributed by atoms with van der Waals surface area (Å²) in [5.74, 6) is -5.46. The van der Waals surface area contributed by atoms with Gasteiger partial charge in [-0.25, -0.2) is 13.2 Å². The van der Waals surface area contributed by atoms with E-state index < -0.39 is 29.8 Å². The zero-order valence-corrected chi connectivity index (χ0v) is 11.3. The van der Waals surface area contributed by atoms with Crippen molar-refractivity contribution in [3.8, 4) is 0 Å². The van der Waals surface area contributed by atoms with E-state index in [1.807, 2.05) is 5.32 Å². The molecule has 1 aromatic carbocycles. The number of nitrogens with one attached hydrogen (secondary N) is 1. The Morgan fingerprint density at radius 2 is 1.89 bits per heavy atom. The molecule has 1 atom stereocenters. The van der Waals surface area contributed by atoms with Crippen molar-refractivity contribution >= 4 is 27.5 Å². The Morgan fingerprint density at radius 1 is 1.33 bits per heavy atom. The van der Waals surface area contributed by atoms with Gasteiger partial charge in [-0.1, -0.05) is 11.6 Å². The second kappa shape index (κ2) is 5.71. The summed E-state index contributed by atoms with van der Waals surface area (Å²) in [5.41, 5.74) is -0.615. The van der Waals surface area contributed by atoms with E-state index in [0.29, 0.717) is 0 Å². The number of rotatable bonds is 4. The fourth-order valence-corrected chi connectivity index (χ4v) is 1.93. The summed E-state index contributed by atoms with van der Waals surface area (Å²) < 4.78 is 64.8. The maximum Gasteiger partial charge on any atom is 0.326 e. The summed E-state index contributed by atoms with van der Waals surface area (Å²) in [6.45, 7) is 0. The van der Waals surface area contributed by atoms with Crippen LogP contribution in [0.15, 0.2) is 16.6 Å². The molecule has 1 aromatic rings. The van der Waals surface area contributed by atoms with Crippen LogP contribution < -0.4 is 5.32 Å². The van der Waals surface area contributed by atoms with E-state index in [9.17, 15) is 22.0 Å². The third-order valence-electron chi connectivity index (χ3n) is 2.32. The van der Waals surface area contributed by atoms with Gasteiger partial charge in [0.05, 0.1) is 5.02 Å². The van der Waals surface area contributed by atoms with E-state index in [1.165, 1.54) is 0 Å². The smallest absolute Gasteiger partial charge is 0.308 e. The molecule has 0 aromatic heterocycles. The minimum Gasteiger partial charge on any atom is -0.308 e. The van der Waals surface area contributed by atoms with Crippen molar-refractivity contribution < 1.29 is 22.0 Å². The maximum atomic E-state index is 13.6. The molecule has 1 unspecified atom stereocenters. The normalized spacial score (nSPS) is 14.1. The van der Waals surface area contributed by atoms with E-state index in [-0.39, 0.29) is 9.50 Å². The molecule has 8 heteroatoms. The number of benzene rings is 1. The van der Waals surface area contributed by atoms with Gasteiger partial charge in [-0.15, -0.1) is 0 Å². The third kappa shape index (κ3) is 2.95. The Morgan fingerprint density at radius 3 is 2.33 bits per heavy atom. The Kier molecular flexibility index (Phi) is 4.97. The molecule has 0 radical (unpaired) electrons. The molecule has 1 rings (SSSR count). The molecule has 1 N–H and O–H groups in total. The van der Waals surface area contributed by atoms with Crippen LogP contribution >= 0.6 is 27.5 Å². The summed E-state index contributed by atoms with van der Waals surface area (Å²) in [4.78, 5) is 0. The number of hydrogen-bond acceptors (Lipinski definition) is 1. The molecule has 0 saturated heterocycles. The fourth-order valence-electron chi connectivity index (χ4n) is 1.44. The van der Waals surface area contributed by atoms with Gasteiger partial charge in [-0.05, 0) is 35.1 Å². The van der Waals surface area contributed by atoms with E-state index in [2.05, 4.69) is 15.9 Å². The minimum atomic E-state index is -4.41. The molecule has 0 aliphatic rings. The summed E-state index contributed by atoms with van der Waals surface area (Å²) in [6.07, 6.45) is -3.92. The summed E-state index contributed by atoms with van der Waals surface area (Å²) in [7, 11) is 1.04. The van der Waals surface area contributed by atoms with E-state index in [0.717, 1.165) is 19.2 Å². The highest BCUT2D eigenvalue weighted by Gasteiger charge is 2.49. The van der Waals surface area contributed by atoms with Crippen molar-refractivity contribution in [1.82, 2.24) is 5.32 Å². The first-order valence-corrected chi connectivity index (χ1v) is 5.86. The van der Waals surface area contributed by atoms with Crippen LogP contribution in [0.3, 0.4) is 0 Å². The van der Waals surface area contributed by atoms with Crippen LogP contribution in [0.5, 0.6) is 0 Å². The van der Waals surface area contributed by atoms with Gasteiger partial charge in [-0.3, -0.25) is 0 Å². The first-order valence-electron chi connectivity index (χ1n) is 4.69. The lowest BCUT2D eigenvalue weighted by Crippen LogP contribution is -2.41. The predicted molar refractivity (Wildman–Crippen MR) is 61.9 cm³/mol. The molecule has 0 spiro atoms. The van der Waals surface area contributed by atoms with Crippen LogP contribution in [0.1, 0.15) is 11.6 Å². The van der Waals surface area contributed by atoms with Gasteiger partial charge in [0.2, 0.25) is 0 Å². The SMILES string of the molecule is CNC(c1cc(Cl)c(Br)cc1F)C(F)(F)C(F)F. The topological polar surface area (TPSA) is 12.0 Å². The van der Waals surface area contributed by atoms with Gasteiger partial charge in [0.15, 0.2) is 0 Å². The van der Waals surface area contributed by atoms with Gasteiger partial charge in [0.25, 0.3) is 0 Å². The van der Waals surface area contributed by atoms with Crippen LogP contribution in [0.25, 0.3) is 0 Å². The molecule has 0 saturated carbocycles. The molecule has 0 bridgehead atoms. The lowest BCUT2D eigenvalue weighted by molar-refractivity contribution is -0.151. The second-order valence-electron chi connectivity index (χ2n) is 3.48. The average molecular weight is 353 g/mol. The van der Waals surface area contributed by atoms with Crippen molar-refractivity contribution in [1.29, 1.82) is 0 Å². The molecular formula is C10H8BrClF5N. The Hall–Kier alpha value is -0.400. The lowest BCUT2D eigenvalue weighted by atomic mass is 10.0. The highest BCUT2D eigenvalue weighted by molar-refractivity contribution is 9.10. The molecule has 0 aliphatic carbocycles. The highest BCUT2D eigenvalue weighted by Crippen LogP contribution is 2.39. The molecule has 18 heavy (non-hydrogen) atoms. The van der Waals surface area contributed by atoms with Gasteiger partial charge in [0, 0.05) is 10.0 Å². The quantitative estimate of drug-likeness (QED) is 0.625. The largest absolute Gasteiger partial charge is 0.326 e. The van der Waals surface area contributed by atoms with Crippen molar-refractivity contribution in [3.63, 3.8) is 0 Å². The minimum absolute atomic E-state index is 0.0447. The van der Waals surface area contributed by atoms with Crippen LogP contribution in [-0.2, 0) is 0 Å². The maximum absolute atomic E-state index is 13.6. The van der Waals surface area contributed by atoms with Crippen LogP contribution in [-0.4, -0.2) is 19.4 Å². The van der Waals surface area contributed by atoms with Gasteiger partial charge < -0.3 is 5.32 Å². The standard InChI is InChI=1S/C10H8BrClF5N/c1-18-8(10(16,17)9(14)15)4-2-6(12)5(11)3-7(4)13/h2-3,8-9,18H,1H3. The van der Waals surface area contributed by atoms with Crippen molar-refractivity contribution in [2.24, 2.45) is 0 Å². The van der Waals surface area contributed by atoms with E-state index in [4.69, 9.17) is 11.6 Å². The van der Waals surface area contributed by atoms with E-state index in [1.54, 1.807) is 0 Å². The molecular weight excluding hydrogens is 344 g/mol. The van der Waals surface area contributed by atoms with Crippen molar-refractivity contribution in [3.05, 3.63) is 33.0 Å². The van der Waals surface area contributed by atoms with Crippen molar-refractivity contribution in [2.75, 3.05) is 7.05 Å². The first-order chi connectivity index (χ1) is 8.21. The first kappa shape index (κ1) is 15.7. The number of hydrogen-bond donors (Lipinski definition) is 1. The monoisotopic (exact) mass is 351 g/mol. The van der Waals surface area contributed by atoms with Crippen LogP contribution in [0, 0.1) is 5.82 Å². The summed E-state index contributed by atoms with van der Waals surface area (Å²) in [6, 6.07) is -0.426. The predicted octanol–water partition coefficient (Wildman–Crippen LogP) is 4.40. The second-order valence-corrected chi connectivity index (χ2v) is 4.75. The Bertz CT molecular complexity index is 441. The zero-order chi connectivity index (χ0) is 14.1. The van der Waals surface area contributed by atoms with Crippen LogP contribution in [0.2, 0.25) is 5.02 Å². The molecule has 1 nitrogen and oxygen atoms in total. The highest BCUT2D eigenvalue weighted by atomic mass is 79.9. The Balaban J connectivity index is 3.30. The molecule has 0 amide bonds. The molecule has 0 aliphatic heterocycles.